The first-order chi connectivity index (χ1) is 21.4. The molecular formula is C34H34F3N3O5. The largest absolute Gasteiger partial charge is 0.493 e. The van der Waals surface area contributed by atoms with Crippen LogP contribution in [0.15, 0.2) is 66.9 Å². The molecule has 1 aliphatic rings. The molecule has 5 rings (SSSR count). The summed E-state index contributed by atoms with van der Waals surface area (Å²) in [7, 11) is 1.45. The van der Waals surface area contributed by atoms with Gasteiger partial charge in [-0.05, 0) is 60.7 Å². The molecule has 8 nitrogen and oxygen atoms in total. The monoisotopic (exact) mass is 621 g/mol. The lowest BCUT2D eigenvalue weighted by atomic mass is 9.90. The molecule has 4 aromatic rings. The van der Waals surface area contributed by atoms with E-state index in [2.05, 4.69) is 6.07 Å². The molecule has 3 aromatic carbocycles. The Morgan fingerprint density at radius 3 is 2.44 bits per heavy atom. The molecule has 1 aromatic heterocycles. The molecule has 0 saturated carbocycles. The van der Waals surface area contributed by atoms with Gasteiger partial charge in [-0.1, -0.05) is 36.4 Å². The summed E-state index contributed by atoms with van der Waals surface area (Å²) in [6, 6.07) is 19.0. The second kappa shape index (κ2) is 12.8. The van der Waals surface area contributed by atoms with Gasteiger partial charge in [0.25, 0.3) is 0 Å². The van der Waals surface area contributed by atoms with Crippen LogP contribution in [0.5, 0.6) is 11.5 Å². The number of fused-ring (bicyclic) bond motifs is 1. The number of aliphatic hydroxyl groups is 1. The summed E-state index contributed by atoms with van der Waals surface area (Å²) < 4.78 is 57.7. The minimum Gasteiger partial charge on any atom is -0.493 e. The molecule has 1 atom stereocenters. The van der Waals surface area contributed by atoms with Crippen molar-refractivity contribution in [3.63, 3.8) is 0 Å². The number of piperidine rings is 1. The molecule has 1 aliphatic heterocycles. The molecule has 2 N–H and O–H groups in total. The lowest BCUT2D eigenvalue weighted by Gasteiger charge is -2.39. The number of carboxylic acid groups (broad SMARTS) is 1. The first-order valence-corrected chi connectivity index (χ1v) is 14.6. The topological polar surface area (TPSA) is 108 Å². The van der Waals surface area contributed by atoms with Gasteiger partial charge in [-0.2, -0.15) is 18.4 Å². The second-order valence-corrected chi connectivity index (χ2v) is 11.4. The SMILES string of the molecule is COc1cc(CC(=O)O)ccc1OC1CCN(CC(O)(c2cn(Cc3ccccc3C)c3cc(C#N)ccc23)C(F)(F)F)CC1. The first-order valence-electron chi connectivity index (χ1n) is 14.6. The van der Waals surface area contributed by atoms with Crippen molar-refractivity contribution < 1.29 is 37.7 Å². The van der Waals surface area contributed by atoms with E-state index in [4.69, 9.17) is 14.6 Å². The summed E-state index contributed by atoms with van der Waals surface area (Å²) in [5.41, 5.74) is -0.247. The van der Waals surface area contributed by atoms with Gasteiger partial charge in [0, 0.05) is 43.3 Å². The van der Waals surface area contributed by atoms with Crippen LogP contribution in [0, 0.1) is 18.3 Å². The maximum absolute atomic E-state index is 14.9. The molecule has 0 amide bonds. The number of likely N-dealkylation sites (tertiary alicyclic amines) is 1. The van der Waals surface area contributed by atoms with Crippen molar-refractivity contribution in [1.29, 1.82) is 5.26 Å². The van der Waals surface area contributed by atoms with E-state index in [0.29, 0.717) is 41.0 Å². The number of aliphatic carboxylic acids is 1. The van der Waals surface area contributed by atoms with Crippen LogP contribution in [0.2, 0.25) is 0 Å². The number of methoxy groups -OCH3 is 1. The molecule has 0 spiro atoms. The zero-order chi connectivity index (χ0) is 32.4. The number of nitrogens with zero attached hydrogens (tertiary/aromatic N) is 3. The summed E-state index contributed by atoms with van der Waals surface area (Å²) in [5, 5.41) is 30.3. The van der Waals surface area contributed by atoms with E-state index in [1.165, 1.54) is 25.4 Å². The lowest BCUT2D eigenvalue weighted by molar-refractivity contribution is -0.272. The van der Waals surface area contributed by atoms with E-state index in [9.17, 15) is 28.3 Å². The van der Waals surface area contributed by atoms with E-state index in [1.807, 2.05) is 31.2 Å². The van der Waals surface area contributed by atoms with Crippen LogP contribution in [0.1, 0.15) is 40.7 Å². The summed E-state index contributed by atoms with van der Waals surface area (Å²) in [4.78, 5) is 12.6. The minimum atomic E-state index is -4.99. The number of ether oxygens (including phenoxy) is 2. The van der Waals surface area contributed by atoms with Gasteiger partial charge < -0.3 is 24.3 Å². The van der Waals surface area contributed by atoms with Crippen molar-refractivity contribution in [1.82, 2.24) is 9.47 Å². The Morgan fingerprint density at radius 2 is 1.80 bits per heavy atom. The molecule has 1 saturated heterocycles. The Bertz CT molecular complexity index is 1740. The highest BCUT2D eigenvalue weighted by Crippen LogP contribution is 2.44. The van der Waals surface area contributed by atoms with Crippen molar-refractivity contribution in [3.8, 4) is 17.6 Å². The highest BCUT2D eigenvalue weighted by Gasteiger charge is 2.57. The fraction of sp³-hybridized carbons (Fsp3) is 0.353. The smallest absolute Gasteiger partial charge is 0.422 e. The Hall–Kier alpha value is -4.53. The van der Waals surface area contributed by atoms with Crippen molar-refractivity contribution in [2.75, 3.05) is 26.7 Å². The van der Waals surface area contributed by atoms with Gasteiger partial charge in [0.15, 0.2) is 11.5 Å². The third-order valence-corrected chi connectivity index (χ3v) is 8.39. The zero-order valence-electron chi connectivity index (χ0n) is 25.0. The van der Waals surface area contributed by atoms with E-state index in [-0.39, 0.29) is 43.1 Å². The molecule has 1 unspecified atom stereocenters. The fourth-order valence-electron chi connectivity index (χ4n) is 5.90. The molecule has 0 bridgehead atoms. The van der Waals surface area contributed by atoms with Crippen LogP contribution >= 0.6 is 0 Å². The fourth-order valence-corrected chi connectivity index (χ4v) is 5.90. The molecule has 236 valence electrons. The number of alkyl halides is 3. The lowest BCUT2D eigenvalue weighted by Crippen LogP contribution is -2.53. The van der Waals surface area contributed by atoms with Gasteiger partial charge in [-0.25, -0.2) is 0 Å². The van der Waals surface area contributed by atoms with Crippen molar-refractivity contribution >= 4 is 16.9 Å². The van der Waals surface area contributed by atoms with Gasteiger partial charge in [-0.3, -0.25) is 9.69 Å². The Kier molecular flexibility index (Phi) is 9.09. The van der Waals surface area contributed by atoms with E-state index in [0.717, 1.165) is 11.1 Å². The Morgan fingerprint density at radius 1 is 1.07 bits per heavy atom. The number of β-amino-alcohol motifs (C(OH)–C–C–N with tert-alkyl or cyclic N) is 1. The number of nitriles is 1. The number of carbonyl (C=O) groups is 1. The Labute approximate surface area is 258 Å². The molecule has 1 fully saturated rings. The van der Waals surface area contributed by atoms with Crippen LogP contribution in [0.25, 0.3) is 10.9 Å². The van der Waals surface area contributed by atoms with E-state index >= 15 is 0 Å². The van der Waals surface area contributed by atoms with Gasteiger partial charge >= 0.3 is 12.1 Å². The summed E-state index contributed by atoms with van der Waals surface area (Å²) in [6.45, 7) is 2.04. The summed E-state index contributed by atoms with van der Waals surface area (Å²) in [6.07, 6.45) is -3.27. The highest BCUT2D eigenvalue weighted by atomic mass is 19.4. The molecule has 0 aliphatic carbocycles. The number of rotatable bonds is 10. The number of hydrogen-bond donors (Lipinski definition) is 2. The van der Waals surface area contributed by atoms with Crippen molar-refractivity contribution in [2.45, 2.75) is 50.6 Å². The average Bonchev–Trinajstić information content (AvgIpc) is 3.37. The predicted octanol–water partition coefficient (Wildman–Crippen LogP) is 5.80. The van der Waals surface area contributed by atoms with Crippen LogP contribution < -0.4 is 9.47 Å². The molecule has 11 heteroatoms. The predicted molar refractivity (Wildman–Crippen MR) is 161 cm³/mol. The maximum atomic E-state index is 14.9. The number of carboxylic acids is 1. The normalized spacial score (nSPS) is 15.8. The number of aromatic nitrogens is 1. The number of benzene rings is 3. The van der Waals surface area contributed by atoms with Gasteiger partial charge in [0.1, 0.15) is 6.10 Å². The van der Waals surface area contributed by atoms with Crippen molar-refractivity contribution in [2.24, 2.45) is 0 Å². The second-order valence-electron chi connectivity index (χ2n) is 11.4. The minimum absolute atomic E-state index is 0.165. The van der Waals surface area contributed by atoms with Crippen molar-refractivity contribution in [3.05, 3.63) is 94.7 Å². The third kappa shape index (κ3) is 6.77. The highest BCUT2D eigenvalue weighted by molar-refractivity contribution is 5.86. The van der Waals surface area contributed by atoms with Crippen LogP contribution in [-0.2, 0) is 23.4 Å². The molecular weight excluding hydrogens is 587 g/mol. The van der Waals surface area contributed by atoms with Crippen LogP contribution in [0.3, 0.4) is 0 Å². The third-order valence-electron chi connectivity index (χ3n) is 8.39. The quantitative estimate of drug-likeness (QED) is 0.231. The number of halogens is 3. The first kappa shape index (κ1) is 31.9. The molecule has 45 heavy (non-hydrogen) atoms. The summed E-state index contributed by atoms with van der Waals surface area (Å²) >= 11 is 0. The molecule has 2 heterocycles. The Balaban J connectivity index is 1.38. The standard InChI is InChI=1S/C34H34F3N3O5/c1-22-5-3-4-6-25(22)19-40-20-28(27-9-7-24(18-38)15-29(27)40)33(43,34(35,36)37)21-39-13-11-26(12-14-39)45-30-10-8-23(17-32(41)42)16-31(30)44-2/h3-10,15-16,20,26,43H,11-14,17,19,21H2,1-2H3,(H,41,42). The zero-order valence-corrected chi connectivity index (χ0v) is 25.0. The molecule has 0 radical (unpaired) electrons. The van der Waals surface area contributed by atoms with Crippen LogP contribution in [0.4, 0.5) is 13.2 Å². The maximum Gasteiger partial charge on any atom is 0.422 e. The van der Waals surface area contributed by atoms with Crippen LogP contribution in [-0.4, -0.2) is 64.7 Å². The summed E-state index contributed by atoms with van der Waals surface area (Å²) in [5.74, 6) is -0.168. The van der Waals surface area contributed by atoms with Gasteiger partial charge in [0.2, 0.25) is 5.60 Å². The average molecular weight is 622 g/mol. The number of hydrogen-bond acceptors (Lipinski definition) is 6. The van der Waals surface area contributed by atoms with Gasteiger partial charge in [-0.15, -0.1) is 0 Å². The number of aryl methyl sites for hydroxylation is 1. The van der Waals surface area contributed by atoms with E-state index in [1.54, 1.807) is 33.7 Å². The van der Waals surface area contributed by atoms with E-state index < -0.39 is 24.3 Å². The van der Waals surface area contributed by atoms with Gasteiger partial charge in [0.05, 0.1) is 30.7 Å².